The third-order valence-corrected chi connectivity index (χ3v) is 2.89. The second-order valence-corrected chi connectivity index (χ2v) is 3.96. The van der Waals surface area contributed by atoms with Crippen LogP contribution in [0.25, 0.3) is 0 Å². The first kappa shape index (κ1) is 13.2. The maximum Gasteiger partial charge on any atom is 0.257 e. The molecular formula is C12H18N4O. The molecule has 1 rings (SSSR count). The van der Waals surface area contributed by atoms with Crippen molar-refractivity contribution in [1.29, 1.82) is 5.26 Å². The van der Waals surface area contributed by atoms with Crippen molar-refractivity contribution in [3.63, 3.8) is 0 Å². The van der Waals surface area contributed by atoms with E-state index in [0.29, 0.717) is 25.1 Å². The molecule has 0 aliphatic carbocycles. The number of hydrogen-bond acceptors (Lipinski definition) is 3. The zero-order valence-corrected chi connectivity index (χ0v) is 10.8. The number of carbonyl (C=O) groups excluding carboxylic acids is 1. The van der Waals surface area contributed by atoms with E-state index in [1.807, 2.05) is 27.8 Å². The SMILES string of the molecule is CCN(CCC#N)C(=O)c1c(C)nn(C)c1C. The van der Waals surface area contributed by atoms with Gasteiger partial charge in [-0.25, -0.2) is 0 Å². The molecule has 0 N–H and O–H groups in total. The number of aromatic nitrogens is 2. The average molecular weight is 234 g/mol. The molecule has 1 amide bonds. The smallest absolute Gasteiger partial charge is 0.257 e. The molecule has 0 unspecified atom stereocenters. The summed E-state index contributed by atoms with van der Waals surface area (Å²) >= 11 is 0. The summed E-state index contributed by atoms with van der Waals surface area (Å²) in [5.74, 6) is -0.0362. The van der Waals surface area contributed by atoms with Crippen LogP contribution in [0.3, 0.4) is 0 Å². The quantitative estimate of drug-likeness (QED) is 0.791. The van der Waals surface area contributed by atoms with E-state index >= 15 is 0 Å². The van der Waals surface area contributed by atoms with Crippen LogP contribution < -0.4 is 0 Å². The van der Waals surface area contributed by atoms with E-state index in [-0.39, 0.29) is 5.91 Å². The lowest BCUT2D eigenvalue weighted by Gasteiger charge is -2.19. The molecule has 92 valence electrons. The Hall–Kier alpha value is -1.83. The first-order chi connectivity index (χ1) is 8.02. The lowest BCUT2D eigenvalue weighted by Crippen LogP contribution is -2.32. The van der Waals surface area contributed by atoms with Gasteiger partial charge in [0.05, 0.1) is 23.7 Å². The van der Waals surface area contributed by atoms with Crippen LogP contribution in [0.1, 0.15) is 35.1 Å². The van der Waals surface area contributed by atoms with E-state index in [1.165, 1.54) is 0 Å². The van der Waals surface area contributed by atoms with Gasteiger partial charge < -0.3 is 4.90 Å². The number of aryl methyl sites for hydroxylation is 2. The molecule has 0 atom stereocenters. The molecule has 1 aromatic heterocycles. The molecule has 1 aromatic rings. The van der Waals surface area contributed by atoms with E-state index in [0.717, 1.165) is 11.4 Å². The van der Waals surface area contributed by atoms with Crippen molar-refractivity contribution < 1.29 is 4.79 Å². The Morgan fingerprint density at radius 3 is 2.59 bits per heavy atom. The van der Waals surface area contributed by atoms with Crippen molar-refractivity contribution in [2.24, 2.45) is 7.05 Å². The highest BCUT2D eigenvalue weighted by molar-refractivity contribution is 5.96. The second kappa shape index (κ2) is 5.48. The van der Waals surface area contributed by atoms with Gasteiger partial charge in [-0.3, -0.25) is 9.48 Å². The van der Waals surface area contributed by atoms with E-state index in [2.05, 4.69) is 11.2 Å². The molecule has 17 heavy (non-hydrogen) atoms. The monoisotopic (exact) mass is 234 g/mol. The van der Waals surface area contributed by atoms with Gasteiger partial charge >= 0.3 is 0 Å². The summed E-state index contributed by atoms with van der Waals surface area (Å²) in [4.78, 5) is 14.0. The first-order valence-corrected chi connectivity index (χ1v) is 5.69. The molecular weight excluding hydrogens is 216 g/mol. The van der Waals surface area contributed by atoms with E-state index in [1.54, 1.807) is 9.58 Å². The van der Waals surface area contributed by atoms with Crippen molar-refractivity contribution in [3.8, 4) is 6.07 Å². The van der Waals surface area contributed by atoms with Crippen LogP contribution in [0.2, 0.25) is 0 Å². The highest BCUT2D eigenvalue weighted by atomic mass is 16.2. The van der Waals surface area contributed by atoms with Crippen LogP contribution >= 0.6 is 0 Å². The van der Waals surface area contributed by atoms with E-state index in [4.69, 9.17) is 5.26 Å². The van der Waals surface area contributed by atoms with Crippen LogP contribution in [0.4, 0.5) is 0 Å². The minimum atomic E-state index is -0.0362. The van der Waals surface area contributed by atoms with Crippen molar-refractivity contribution in [3.05, 3.63) is 17.0 Å². The highest BCUT2D eigenvalue weighted by Crippen LogP contribution is 2.14. The maximum absolute atomic E-state index is 12.3. The van der Waals surface area contributed by atoms with Crippen LogP contribution in [0.15, 0.2) is 0 Å². The van der Waals surface area contributed by atoms with Gasteiger partial charge in [0, 0.05) is 25.8 Å². The molecule has 0 saturated heterocycles. The zero-order chi connectivity index (χ0) is 13.0. The van der Waals surface area contributed by atoms with Crippen molar-refractivity contribution >= 4 is 5.91 Å². The molecule has 0 spiro atoms. The predicted molar refractivity (Wildman–Crippen MR) is 64.5 cm³/mol. The molecule has 5 heteroatoms. The maximum atomic E-state index is 12.3. The third kappa shape index (κ3) is 2.64. The molecule has 0 aliphatic heterocycles. The largest absolute Gasteiger partial charge is 0.338 e. The molecule has 0 saturated carbocycles. The number of carbonyl (C=O) groups is 1. The average Bonchev–Trinajstić information content (AvgIpc) is 2.54. The summed E-state index contributed by atoms with van der Waals surface area (Å²) < 4.78 is 1.71. The Balaban J connectivity index is 2.98. The topological polar surface area (TPSA) is 61.9 Å². The number of nitrogens with zero attached hydrogens (tertiary/aromatic N) is 4. The lowest BCUT2D eigenvalue weighted by atomic mass is 10.1. The first-order valence-electron chi connectivity index (χ1n) is 5.69. The van der Waals surface area contributed by atoms with Gasteiger partial charge in [0.1, 0.15) is 0 Å². The third-order valence-electron chi connectivity index (χ3n) is 2.89. The van der Waals surface area contributed by atoms with Gasteiger partial charge in [-0.2, -0.15) is 10.4 Å². The van der Waals surface area contributed by atoms with Gasteiger partial charge in [0.15, 0.2) is 0 Å². The minimum Gasteiger partial charge on any atom is -0.338 e. The molecule has 0 radical (unpaired) electrons. The second-order valence-electron chi connectivity index (χ2n) is 3.96. The van der Waals surface area contributed by atoms with Gasteiger partial charge in [0.2, 0.25) is 0 Å². The fourth-order valence-corrected chi connectivity index (χ4v) is 1.83. The van der Waals surface area contributed by atoms with Crippen molar-refractivity contribution in [2.45, 2.75) is 27.2 Å². The van der Waals surface area contributed by atoms with Crippen molar-refractivity contribution in [2.75, 3.05) is 13.1 Å². The van der Waals surface area contributed by atoms with Crippen LogP contribution in [0.5, 0.6) is 0 Å². The fraction of sp³-hybridized carbons (Fsp3) is 0.583. The molecule has 1 heterocycles. The summed E-state index contributed by atoms with van der Waals surface area (Å²) in [5.41, 5.74) is 2.26. The van der Waals surface area contributed by atoms with Crippen LogP contribution in [-0.4, -0.2) is 33.7 Å². The summed E-state index contributed by atoms with van der Waals surface area (Å²) in [6, 6.07) is 2.06. The standard InChI is InChI=1S/C12H18N4O/c1-5-16(8-6-7-13)12(17)11-9(2)14-15(4)10(11)3/h5-6,8H2,1-4H3. The Morgan fingerprint density at radius 2 is 2.18 bits per heavy atom. The molecule has 0 bridgehead atoms. The van der Waals surface area contributed by atoms with Gasteiger partial charge in [0.25, 0.3) is 5.91 Å². The zero-order valence-electron chi connectivity index (χ0n) is 10.8. The molecule has 5 nitrogen and oxygen atoms in total. The minimum absolute atomic E-state index is 0.0362. The fourth-order valence-electron chi connectivity index (χ4n) is 1.83. The Morgan fingerprint density at radius 1 is 1.53 bits per heavy atom. The van der Waals surface area contributed by atoms with Gasteiger partial charge in [-0.1, -0.05) is 0 Å². The predicted octanol–water partition coefficient (Wildman–Crippen LogP) is 1.41. The van der Waals surface area contributed by atoms with Crippen LogP contribution in [0, 0.1) is 25.2 Å². The van der Waals surface area contributed by atoms with Gasteiger partial charge in [-0.15, -0.1) is 0 Å². The Labute approximate surface area is 102 Å². The molecule has 0 aliphatic rings. The van der Waals surface area contributed by atoms with Crippen molar-refractivity contribution in [1.82, 2.24) is 14.7 Å². The summed E-state index contributed by atoms with van der Waals surface area (Å²) in [5, 5.41) is 12.8. The number of amides is 1. The Kier molecular flexibility index (Phi) is 4.27. The lowest BCUT2D eigenvalue weighted by molar-refractivity contribution is 0.0766. The van der Waals surface area contributed by atoms with E-state index < -0.39 is 0 Å². The summed E-state index contributed by atoms with van der Waals surface area (Å²) in [7, 11) is 1.82. The van der Waals surface area contributed by atoms with E-state index in [9.17, 15) is 4.79 Å². The molecule has 0 aromatic carbocycles. The normalized spacial score (nSPS) is 10.1. The molecule has 0 fully saturated rings. The number of nitriles is 1. The number of rotatable bonds is 4. The number of hydrogen-bond donors (Lipinski definition) is 0. The highest BCUT2D eigenvalue weighted by Gasteiger charge is 2.21. The summed E-state index contributed by atoms with van der Waals surface area (Å²) in [6.45, 7) is 6.70. The van der Waals surface area contributed by atoms with Crippen LogP contribution in [-0.2, 0) is 7.05 Å². The Bertz CT molecular complexity index is 456. The summed E-state index contributed by atoms with van der Waals surface area (Å²) in [6.07, 6.45) is 0.359. The van der Waals surface area contributed by atoms with Gasteiger partial charge in [-0.05, 0) is 20.8 Å².